The largest absolute Gasteiger partial charge is 0.352 e. The van der Waals surface area contributed by atoms with Gasteiger partial charge in [-0.05, 0) is 36.6 Å². The van der Waals surface area contributed by atoms with Crippen LogP contribution in [-0.4, -0.2) is 35.6 Å². The number of benzene rings is 2. The summed E-state index contributed by atoms with van der Waals surface area (Å²) in [5.74, 6) is -0.427. The molecule has 11 heteroatoms. The minimum Gasteiger partial charge on any atom is -0.352 e. The van der Waals surface area contributed by atoms with Crippen molar-refractivity contribution in [2.75, 3.05) is 11.3 Å². The molecule has 1 heterocycles. The Morgan fingerprint density at radius 2 is 1.97 bits per heavy atom. The van der Waals surface area contributed by atoms with Gasteiger partial charge in [0, 0.05) is 31.9 Å². The number of hydrogen-bond donors (Lipinski definition) is 2. The van der Waals surface area contributed by atoms with Crippen LogP contribution < -0.4 is 10.0 Å². The number of amides is 1. The van der Waals surface area contributed by atoms with Gasteiger partial charge in [0.2, 0.25) is 0 Å². The lowest BCUT2D eigenvalue weighted by Gasteiger charge is -2.13. The van der Waals surface area contributed by atoms with Crippen molar-refractivity contribution >= 4 is 27.3 Å². The molecule has 0 aliphatic heterocycles. The molecule has 3 aromatic rings. The number of rotatable bonds is 9. The molecule has 31 heavy (non-hydrogen) atoms. The number of aromatic nitrogens is 2. The fraction of sp³-hybridized carbons (Fsp3) is 0.200. The molecule has 0 saturated heterocycles. The van der Waals surface area contributed by atoms with Gasteiger partial charge >= 0.3 is 0 Å². The third kappa shape index (κ3) is 5.66. The van der Waals surface area contributed by atoms with Crippen LogP contribution in [0, 0.1) is 10.1 Å². The number of aryl methyl sites for hydroxylation is 2. The molecule has 0 unspecified atom stereocenters. The maximum absolute atomic E-state index is 12.7. The van der Waals surface area contributed by atoms with E-state index < -0.39 is 20.9 Å². The zero-order valence-corrected chi connectivity index (χ0v) is 17.5. The van der Waals surface area contributed by atoms with Crippen molar-refractivity contribution in [2.24, 2.45) is 7.05 Å². The zero-order chi connectivity index (χ0) is 22.4. The molecule has 0 radical (unpaired) electrons. The fourth-order valence-electron chi connectivity index (χ4n) is 2.93. The van der Waals surface area contributed by atoms with Crippen molar-refractivity contribution in [1.29, 1.82) is 0 Å². The van der Waals surface area contributed by atoms with Crippen LogP contribution in [0.2, 0.25) is 0 Å². The van der Waals surface area contributed by atoms with E-state index >= 15 is 0 Å². The van der Waals surface area contributed by atoms with Crippen LogP contribution in [0.1, 0.15) is 22.3 Å². The van der Waals surface area contributed by atoms with Crippen LogP contribution in [0.4, 0.5) is 11.4 Å². The van der Waals surface area contributed by atoms with Crippen molar-refractivity contribution in [1.82, 2.24) is 15.1 Å². The normalized spacial score (nSPS) is 11.1. The lowest BCUT2D eigenvalue weighted by atomic mass is 10.1. The number of nitro groups is 1. The second-order valence-electron chi connectivity index (χ2n) is 6.79. The van der Waals surface area contributed by atoms with Crippen LogP contribution in [0.15, 0.2) is 65.8 Å². The molecule has 0 atom stereocenters. The number of nitrogens with zero attached hydrogens (tertiary/aromatic N) is 3. The van der Waals surface area contributed by atoms with Gasteiger partial charge in [0.25, 0.3) is 21.6 Å². The average Bonchev–Trinajstić information content (AvgIpc) is 3.16. The van der Waals surface area contributed by atoms with E-state index in [0.717, 1.165) is 18.1 Å². The van der Waals surface area contributed by atoms with Gasteiger partial charge in [-0.2, -0.15) is 5.10 Å². The van der Waals surface area contributed by atoms with Gasteiger partial charge in [-0.15, -0.1) is 0 Å². The van der Waals surface area contributed by atoms with Crippen LogP contribution >= 0.6 is 0 Å². The average molecular weight is 443 g/mol. The SMILES string of the molecule is Cn1cc(CCCNC(=O)c2ccccc2NS(=O)(=O)c2cccc([N+](=O)[O-])c2)cn1. The molecule has 162 valence electrons. The summed E-state index contributed by atoms with van der Waals surface area (Å²) >= 11 is 0. The van der Waals surface area contributed by atoms with Crippen molar-refractivity contribution in [3.63, 3.8) is 0 Å². The predicted molar refractivity (Wildman–Crippen MR) is 114 cm³/mol. The Morgan fingerprint density at radius 1 is 1.19 bits per heavy atom. The number of non-ortho nitro benzene ring substituents is 1. The van der Waals surface area contributed by atoms with E-state index in [0.29, 0.717) is 13.0 Å². The van der Waals surface area contributed by atoms with E-state index in [-0.39, 0.29) is 21.8 Å². The second kappa shape index (κ2) is 9.39. The molecule has 0 saturated carbocycles. The summed E-state index contributed by atoms with van der Waals surface area (Å²) in [6.07, 6.45) is 5.10. The topological polar surface area (TPSA) is 136 Å². The van der Waals surface area contributed by atoms with Gasteiger partial charge in [-0.1, -0.05) is 18.2 Å². The lowest BCUT2D eigenvalue weighted by Crippen LogP contribution is -2.26. The van der Waals surface area contributed by atoms with E-state index in [1.165, 1.54) is 30.3 Å². The minimum absolute atomic E-state index is 0.0822. The van der Waals surface area contributed by atoms with Crippen LogP contribution in [0.25, 0.3) is 0 Å². The summed E-state index contributed by atoms with van der Waals surface area (Å²) in [4.78, 5) is 22.6. The molecular weight excluding hydrogens is 422 g/mol. The van der Waals surface area contributed by atoms with E-state index in [9.17, 15) is 23.3 Å². The number of carbonyl (C=O) groups is 1. The molecule has 0 fully saturated rings. The maximum Gasteiger partial charge on any atom is 0.270 e. The van der Waals surface area contributed by atoms with E-state index in [4.69, 9.17) is 0 Å². The van der Waals surface area contributed by atoms with Crippen molar-refractivity contribution < 1.29 is 18.1 Å². The summed E-state index contributed by atoms with van der Waals surface area (Å²) in [6.45, 7) is 0.402. The Hall–Kier alpha value is -3.73. The molecule has 0 aliphatic rings. The summed E-state index contributed by atoms with van der Waals surface area (Å²) in [7, 11) is -2.30. The first kappa shape index (κ1) is 22.0. The van der Waals surface area contributed by atoms with Gasteiger partial charge < -0.3 is 5.32 Å². The number of para-hydroxylation sites is 1. The van der Waals surface area contributed by atoms with Crippen molar-refractivity contribution in [3.05, 3.63) is 82.2 Å². The molecule has 0 spiro atoms. The van der Waals surface area contributed by atoms with Gasteiger partial charge in [0.1, 0.15) is 0 Å². The molecular formula is C20H21N5O5S. The predicted octanol–water partition coefficient (Wildman–Crippen LogP) is 2.49. The molecule has 1 aromatic heterocycles. The molecule has 2 aromatic carbocycles. The summed E-state index contributed by atoms with van der Waals surface area (Å²) in [6, 6.07) is 10.9. The molecule has 0 bridgehead atoms. The maximum atomic E-state index is 12.7. The smallest absolute Gasteiger partial charge is 0.270 e. The van der Waals surface area contributed by atoms with E-state index in [1.807, 2.05) is 13.2 Å². The van der Waals surface area contributed by atoms with Crippen molar-refractivity contribution in [3.8, 4) is 0 Å². The second-order valence-corrected chi connectivity index (χ2v) is 8.47. The Morgan fingerprint density at radius 3 is 2.68 bits per heavy atom. The Bertz CT molecular complexity index is 1210. The fourth-order valence-corrected chi connectivity index (χ4v) is 4.05. The number of carbonyl (C=O) groups excluding carboxylic acids is 1. The molecule has 3 rings (SSSR count). The molecule has 0 aliphatic carbocycles. The highest BCUT2D eigenvalue weighted by Crippen LogP contribution is 2.22. The summed E-state index contributed by atoms with van der Waals surface area (Å²) in [5.41, 5.74) is 0.945. The minimum atomic E-state index is -4.13. The standard InChI is InChI=1S/C20H21N5O5S/c1-24-14-15(13-22-24)6-5-11-21-20(26)18-9-2-3-10-19(18)23-31(29,30)17-8-4-7-16(12-17)25(27)28/h2-4,7-10,12-14,23H,5-6,11H2,1H3,(H,21,26). The lowest BCUT2D eigenvalue weighted by molar-refractivity contribution is -0.385. The van der Waals surface area contributed by atoms with Gasteiger partial charge in [0.15, 0.2) is 0 Å². The highest BCUT2D eigenvalue weighted by molar-refractivity contribution is 7.92. The third-order valence-corrected chi connectivity index (χ3v) is 5.80. The number of nitro benzene ring substituents is 1. The van der Waals surface area contributed by atoms with Gasteiger partial charge in [-0.25, -0.2) is 8.42 Å². The molecule has 2 N–H and O–H groups in total. The van der Waals surface area contributed by atoms with Crippen LogP contribution in [0.3, 0.4) is 0 Å². The summed E-state index contributed by atoms with van der Waals surface area (Å²) < 4.78 is 29.4. The Balaban J connectivity index is 1.68. The Labute approximate surface area is 179 Å². The van der Waals surface area contributed by atoms with Gasteiger partial charge in [0.05, 0.1) is 27.3 Å². The van der Waals surface area contributed by atoms with Crippen LogP contribution in [0.5, 0.6) is 0 Å². The number of anilines is 1. The van der Waals surface area contributed by atoms with E-state index in [2.05, 4.69) is 15.1 Å². The summed E-state index contributed by atoms with van der Waals surface area (Å²) in [5, 5.41) is 17.8. The first-order chi connectivity index (χ1) is 14.8. The zero-order valence-electron chi connectivity index (χ0n) is 16.7. The monoisotopic (exact) mass is 443 g/mol. The highest BCUT2D eigenvalue weighted by Gasteiger charge is 2.20. The Kier molecular flexibility index (Phi) is 6.65. The van der Waals surface area contributed by atoms with Gasteiger partial charge in [-0.3, -0.25) is 24.3 Å². The molecule has 1 amide bonds. The first-order valence-electron chi connectivity index (χ1n) is 9.38. The first-order valence-corrected chi connectivity index (χ1v) is 10.9. The van der Waals surface area contributed by atoms with Crippen LogP contribution in [-0.2, 0) is 23.5 Å². The van der Waals surface area contributed by atoms with E-state index in [1.54, 1.807) is 23.0 Å². The van der Waals surface area contributed by atoms with Crippen molar-refractivity contribution in [2.45, 2.75) is 17.7 Å². The number of nitrogens with one attached hydrogen (secondary N) is 2. The number of hydrogen-bond acceptors (Lipinski definition) is 6. The quantitative estimate of drug-likeness (QED) is 0.296. The number of sulfonamides is 1. The third-order valence-electron chi connectivity index (χ3n) is 4.44. The molecule has 10 nitrogen and oxygen atoms in total. The highest BCUT2D eigenvalue weighted by atomic mass is 32.2.